The number of hydrogen-bond acceptors (Lipinski definition) is 4. The summed E-state index contributed by atoms with van der Waals surface area (Å²) >= 11 is 1.80. The van der Waals surface area contributed by atoms with Crippen LogP contribution in [0.25, 0.3) is 10.9 Å². The number of rotatable bonds is 6. The third kappa shape index (κ3) is 4.93. The summed E-state index contributed by atoms with van der Waals surface area (Å²) < 4.78 is 0. The summed E-state index contributed by atoms with van der Waals surface area (Å²) in [6.07, 6.45) is 0. The number of aliphatic imine (C=N–C) groups is 1. The molecule has 2 heterocycles. The number of nitrogens with one attached hydrogen (secondary N) is 3. The van der Waals surface area contributed by atoms with E-state index in [0.29, 0.717) is 0 Å². The van der Waals surface area contributed by atoms with Gasteiger partial charge < -0.3 is 16.0 Å². The van der Waals surface area contributed by atoms with Gasteiger partial charge in [-0.2, -0.15) is 0 Å². The van der Waals surface area contributed by atoms with Crippen LogP contribution in [0.5, 0.6) is 0 Å². The van der Waals surface area contributed by atoms with E-state index in [0.717, 1.165) is 42.3 Å². The van der Waals surface area contributed by atoms with Crippen molar-refractivity contribution in [1.29, 1.82) is 0 Å². The third-order valence-corrected chi connectivity index (χ3v) is 4.77. The Hall–Kier alpha value is -2.60. The van der Waals surface area contributed by atoms with Crippen LogP contribution in [-0.4, -0.2) is 31.1 Å². The number of benzene rings is 1. The predicted molar refractivity (Wildman–Crippen MR) is 107 cm³/mol. The second kappa shape index (κ2) is 8.48. The average Bonchev–Trinajstić information content (AvgIpc) is 3.06. The molecular weight excluding hydrogens is 330 g/mol. The largest absolute Gasteiger partial charge is 0.368 e. The Morgan fingerprint density at radius 2 is 1.92 bits per heavy atom. The second-order valence-corrected chi connectivity index (χ2v) is 7.05. The molecule has 0 fully saturated rings. The number of para-hydroxylation sites is 1. The zero-order valence-electron chi connectivity index (χ0n) is 14.5. The van der Waals surface area contributed by atoms with Gasteiger partial charge in [0.05, 0.1) is 12.1 Å². The monoisotopic (exact) mass is 353 g/mol. The molecule has 1 aromatic carbocycles. The van der Waals surface area contributed by atoms with E-state index < -0.39 is 0 Å². The second-order valence-electron chi connectivity index (χ2n) is 5.68. The predicted octanol–water partition coefficient (Wildman–Crippen LogP) is 3.38. The molecule has 0 saturated heterocycles. The van der Waals surface area contributed by atoms with Gasteiger partial charge in [0.25, 0.3) is 0 Å². The topological polar surface area (TPSA) is 61.3 Å². The van der Waals surface area contributed by atoms with Crippen LogP contribution in [0.4, 0.5) is 5.82 Å². The van der Waals surface area contributed by atoms with Crippen molar-refractivity contribution in [1.82, 2.24) is 15.6 Å². The molecule has 6 heteroatoms. The van der Waals surface area contributed by atoms with Crippen molar-refractivity contribution in [3.05, 3.63) is 58.3 Å². The average molecular weight is 353 g/mol. The van der Waals surface area contributed by atoms with Crippen LogP contribution in [0.15, 0.2) is 53.5 Å². The normalized spacial score (nSPS) is 11.5. The number of aromatic nitrogens is 1. The van der Waals surface area contributed by atoms with Gasteiger partial charge in [0, 0.05) is 35.3 Å². The van der Waals surface area contributed by atoms with E-state index in [9.17, 15) is 0 Å². The zero-order chi connectivity index (χ0) is 17.5. The van der Waals surface area contributed by atoms with Gasteiger partial charge in [0.15, 0.2) is 5.96 Å². The van der Waals surface area contributed by atoms with E-state index in [1.165, 1.54) is 9.75 Å². The molecule has 0 aliphatic rings. The molecule has 5 nitrogen and oxygen atoms in total. The van der Waals surface area contributed by atoms with Gasteiger partial charge in [-0.25, -0.2) is 4.98 Å². The standard InChI is InChI=1S/C19H23N5S/c1-14-7-9-16(25-14)13-23-19(20-2)22-12-11-21-18-10-8-15-5-3-4-6-17(15)24-18/h3-10H,11-13H2,1-2H3,(H,21,24)(H2,20,22,23). The van der Waals surface area contributed by atoms with Crippen LogP contribution in [0.1, 0.15) is 9.75 Å². The summed E-state index contributed by atoms with van der Waals surface area (Å²) in [5.41, 5.74) is 1.00. The Kier molecular flexibility index (Phi) is 5.85. The highest BCUT2D eigenvalue weighted by molar-refractivity contribution is 7.11. The Morgan fingerprint density at radius 1 is 1.04 bits per heavy atom. The van der Waals surface area contributed by atoms with E-state index in [2.05, 4.69) is 57.1 Å². The molecule has 0 amide bonds. The first-order valence-electron chi connectivity index (χ1n) is 8.34. The molecule has 0 spiro atoms. The first kappa shape index (κ1) is 17.2. The Labute approximate surface area is 152 Å². The summed E-state index contributed by atoms with van der Waals surface area (Å²) in [5, 5.41) is 11.1. The summed E-state index contributed by atoms with van der Waals surface area (Å²) in [5.74, 6) is 1.69. The molecule has 25 heavy (non-hydrogen) atoms. The van der Waals surface area contributed by atoms with Crippen LogP contribution < -0.4 is 16.0 Å². The Bertz CT molecular complexity index is 856. The summed E-state index contributed by atoms with van der Waals surface area (Å²) in [4.78, 5) is 11.5. The number of thiophene rings is 1. The summed E-state index contributed by atoms with van der Waals surface area (Å²) in [6.45, 7) is 4.44. The minimum atomic E-state index is 0.762. The lowest BCUT2D eigenvalue weighted by molar-refractivity contribution is 0.818. The van der Waals surface area contributed by atoms with Crippen molar-refractivity contribution in [2.75, 3.05) is 25.5 Å². The fourth-order valence-electron chi connectivity index (χ4n) is 2.51. The maximum atomic E-state index is 4.61. The molecular formula is C19H23N5S. The Balaban J connectivity index is 1.43. The molecule has 0 saturated carbocycles. The SMILES string of the molecule is CN=C(NCCNc1ccc2ccccc2n1)NCc1ccc(C)s1. The van der Waals surface area contributed by atoms with E-state index in [-0.39, 0.29) is 0 Å². The van der Waals surface area contributed by atoms with Gasteiger partial charge in [-0.15, -0.1) is 11.3 Å². The summed E-state index contributed by atoms with van der Waals surface area (Å²) in [7, 11) is 1.79. The smallest absolute Gasteiger partial charge is 0.191 e. The van der Waals surface area contributed by atoms with Crippen molar-refractivity contribution in [2.45, 2.75) is 13.5 Å². The van der Waals surface area contributed by atoms with Gasteiger partial charge in [-0.3, -0.25) is 4.99 Å². The maximum absolute atomic E-state index is 4.61. The lowest BCUT2D eigenvalue weighted by atomic mass is 10.2. The zero-order valence-corrected chi connectivity index (χ0v) is 15.4. The highest BCUT2D eigenvalue weighted by atomic mass is 32.1. The first-order valence-corrected chi connectivity index (χ1v) is 9.16. The fraction of sp³-hybridized carbons (Fsp3) is 0.263. The fourth-order valence-corrected chi connectivity index (χ4v) is 3.34. The van der Waals surface area contributed by atoms with Crippen molar-refractivity contribution in [2.24, 2.45) is 4.99 Å². The minimum Gasteiger partial charge on any atom is -0.368 e. The van der Waals surface area contributed by atoms with Crippen LogP contribution in [0.2, 0.25) is 0 Å². The molecule has 3 rings (SSSR count). The van der Waals surface area contributed by atoms with Crippen molar-refractivity contribution in [3.63, 3.8) is 0 Å². The molecule has 0 bridgehead atoms. The molecule has 130 valence electrons. The lowest BCUT2D eigenvalue weighted by Gasteiger charge is -2.12. The molecule has 3 aromatic rings. The van der Waals surface area contributed by atoms with Crippen molar-refractivity contribution in [3.8, 4) is 0 Å². The molecule has 2 aromatic heterocycles. The molecule has 0 aliphatic heterocycles. The third-order valence-electron chi connectivity index (χ3n) is 3.77. The minimum absolute atomic E-state index is 0.762. The number of pyridine rings is 1. The van der Waals surface area contributed by atoms with Crippen molar-refractivity contribution >= 4 is 34.0 Å². The molecule has 3 N–H and O–H groups in total. The number of fused-ring (bicyclic) bond motifs is 1. The molecule has 0 radical (unpaired) electrons. The first-order chi connectivity index (χ1) is 12.2. The number of anilines is 1. The molecule has 0 unspecified atom stereocenters. The van der Waals surface area contributed by atoms with Crippen LogP contribution >= 0.6 is 11.3 Å². The van der Waals surface area contributed by atoms with Crippen LogP contribution in [0.3, 0.4) is 0 Å². The van der Waals surface area contributed by atoms with E-state index >= 15 is 0 Å². The number of hydrogen-bond donors (Lipinski definition) is 3. The highest BCUT2D eigenvalue weighted by Crippen LogP contribution is 2.15. The number of nitrogens with zero attached hydrogens (tertiary/aromatic N) is 2. The highest BCUT2D eigenvalue weighted by Gasteiger charge is 2.01. The van der Waals surface area contributed by atoms with E-state index in [1.807, 2.05) is 24.3 Å². The quantitative estimate of drug-likeness (QED) is 0.361. The van der Waals surface area contributed by atoms with Gasteiger partial charge in [-0.05, 0) is 37.3 Å². The summed E-state index contributed by atoms with van der Waals surface area (Å²) in [6, 6.07) is 16.5. The van der Waals surface area contributed by atoms with Gasteiger partial charge in [0.1, 0.15) is 5.82 Å². The van der Waals surface area contributed by atoms with Crippen molar-refractivity contribution < 1.29 is 0 Å². The molecule has 0 atom stereocenters. The van der Waals surface area contributed by atoms with Gasteiger partial charge in [0.2, 0.25) is 0 Å². The van der Waals surface area contributed by atoms with E-state index in [4.69, 9.17) is 0 Å². The lowest BCUT2D eigenvalue weighted by Crippen LogP contribution is -2.39. The number of aryl methyl sites for hydroxylation is 1. The maximum Gasteiger partial charge on any atom is 0.191 e. The van der Waals surface area contributed by atoms with Crippen LogP contribution in [-0.2, 0) is 6.54 Å². The number of guanidine groups is 1. The van der Waals surface area contributed by atoms with Crippen LogP contribution in [0, 0.1) is 6.92 Å². The van der Waals surface area contributed by atoms with Gasteiger partial charge >= 0.3 is 0 Å². The van der Waals surface area contributed by atoms with Gasteiger partial charge in [-0.1, -0.05) is 18.2 Å². The molecule has 0 aliphatic carbocycles. The van der Waals surface area contributed by atoms with E-state index in [1.54, 1.807) is 18.4 Å². The Morgan fingerprint density at radius 3 is 2.72 bits per heavy atom.